The Bertz CT molecular complexity index is 592. The van der Waals surface area contributed by atoms with E-state index in [1.165, 1.54) is 10.6 Å². The Hall–Kier alpha value is -1.49. The molecule has 2 aromatic rings. The molecule has 0 aliphatic heterocycles. The molecule has 4 nitrogen and oxygen atoms in total. The number of aromatic nitrogens is 3. The van der Waals surface area contributed by atoms with Crippen molar-refractivity contribution in [2.45, 2.75) is 19.8 Å². The number of pyridine rings is 1. The second-order valence-corrected chi connectivity index (χ2v) is 4.78. The molecule has 0 bridgehead atoms. The van der Waals surface area contributed by atoms with Crippen molar-refractivity contribution in [2.75, 3.05) is 0 Å². The van der Waals surface area contributed by atoms with Crippen LogP contribution in [-0.2, 0) is 0 Å². The lowest BCUT2D eigenvalue weighted by atomic mass is 10.2. The molecule has 17 heavy (non-hydrogen) atoms. The maximum absolute atomic E-state index is 11.7. The van der Waals surface area contributed by atoms with Gasteiger partial charge in [0.1, 0.15) is 16.2 Å². The lowest BCUT2D eigenvalue weighted by Gasteiger charge is -2.08. The van der Waals surface area contributed by atoms with E-state index in [9.17, 15) is 4.79 Å². The van der Waals surface area contributed by atoms with E-state index in [1.807, 2.05) is 13.8 Å². The quantitative estimate of drug-likeness (QED) is 0.800. The van der Waals surface area contributed by atoms with E-state index < -0.39 is 0 Å². The second kappa shape index (κ2) is 4.79. The lowest BCUT2D eigenvalue weighted by Crippen LogP contribution is -2.18. The van der Waals surface area contributed by atoms with Crippen molar-refractivity contribution in [3.8, 4) is 5.82 Å². The molecule has 0 radical (unpaired) electrons. The van der Waals surface area contributed by atoms with Crippen molar-refractivity contribution in [3.63, 3.8) is 0 Å². The third kappa shape index (κ3) is 2.61. The van der Waals surface area contributed by atoms with Gasteiger partial charge in [0.2, 0.25) is 0 Å². The largest absolute Gasteiger partial charge is 0.269 e. The highest BCUT2D eigenvalue weighted by Gasteiger charge is 2.08. The van der Waals surface area contributed by atoms with Crippen LogP contribution in [0, 0.1) is 0 Å². The Balaban J connectivity index is 2.60. The molecule has 0 fully saturated rings. The zero-order chi connectivity index (χ0) is 12.4. The molecular formula is C12H12BrN3O. The Labute approximate surface area is 107 Å². The predicted molar refractivity (Wildman–Crippen MR) is 69.4 cm³/mol. The van der Waals surface area contributed by atoms with Gasteiger partial charge in [0.15, 0.2) is 0 Å². The van der Waals surface area contributed by atoms with Crippen molar-refractivity contribution in [1.29, 1.82) is 0 Å². The number of rotatable bonds is 2. The topological polar surface area (TPSA) is 47.8 Å². The molecule has 2 heterocycles. The van der Waals surface area contributed by atoms with Gasteiger partial charge in [0.05, 0.1) is 0 Å². The zero-order valence-electron chi connectivity index (χ0n) is 9.59. The van der Waals surface area contributed by atoms with E-state index in [-0.39, 0.29) is 11.5 Å². The highest BCUT2D eigenvalue weighted by Crippen LogP contribution is 2.16. The fourth-order valence-corrected chi connectivity index (χ4v) is 1.81. The summed E-state index contributed by atoms with van der Waals surface area (Å²) in [4.78, 5) is 20.4. The van der Waals surface area contributed by atoms with E-state index in [0.29, 0.717) is 16.2 Å². The van der Waals surface area contributed by atoms with E-state index in [0.717, 1.165) is 0 Å². The van der Waals surface area contributed by atoms with Crippen LogP contribution >= 0.6 is 15.9 Å². The van der Waals surface area contributed by atoms with Crippen LogP contribution in [0.1, 0.15) is 25.6 Å². The van der Waals surface area contributed by atoms with Crippen molar-refractivity contribution in [3.05, 3.63) is 51.2 Å². The van der Waals surface area contributed by atoms with Gasteiger partial charge in [-0.05, 0) is 22.0 Å². The second-order valence-electron chi connectivity index (χ2n) is 3.97. The van der Waals surface area contributed by atoms with Crippen LogP contribution in [0.15, 0.2) is 39.9 Å². The third-order valence-corrected chi connectivity index (χ3v) is 2.69. The van der Waals surface area contributed by atoms with E-state index in [2.05, 4.69) is 25.9 Å². The van der Waals surface area contributed by atoms with Crippen molar-refractivity contribution < 1.29 is 0 Å². The van der Waals surface area contributed by atoms with Gasteiger partial charge in [0.25, 0.3) is 5.56 Å². The summed E-state index contributed by atoms with van der Waals surface area (Å²) in [5.74, 6) is 1.51. The van der Waals surface area contributed by atoms with Gasteiger partial charge < -0.3 is 0 Å². The SMILES string of the molecule is CC(C)c1nc(Br)cc(-n2ccccc2=O)n1. The van der Waals surface area contributed by atoms with Gasteiger partial charge in [-0.3, -0.25) is 9.36 Å². The summed E-state index contributed by atoms with van der Waals surface area (Å²) < 4.78 is 2.18. The molecule has 0 N–H and O–H groups in total. The van der Waals surface area contributed by atoms with Crippen LogP contribution in [0.5, 0.6) is 0 Å². The number of nitrogens with zero attached hydrogens (tertiary/aromatic N) is 3. The number of halogens is 1. The fraction of sp³-hybridized carbons (Fsp3) is 0.250. The molecular weight excluding hydrogens is 282 g/mol. The van der Waals surface area contributed by atoms with Gasteiger partial charge in [-0.15, -0.1) is 0 Å². The fourth-order valence-electron chi connectivity index (χ4n) is 1.42. The van der Waals surface area contributed by atoms with Crippen LogP contribution in [0.3, 0.4) is 0 Å². The first-order valence-electron chi connectivity index (χ1n) is 5.30. The summed E-state index contributed by atoms with van der Waals surface area (Å²) in [6, 6.07) is 6.74. The summed E-state index contributed by atoms with van der Waals surface area (Å²) in [5.41, 5.74) is -0.104. The Kier molecular flexibility index (Phi) is 3.38. The first kappa shape index (κ1) is 12.0. The van der Waals surface area contributed by atoms with Crippen LogP contribution < -0.4 is 5.56 Å². The molecule has 0 saturated carbocycles. The van der Waals surface area contributed by atoms with E-state index in [4.69, 9.17) is 0 Å². The molecule has 0 amide bonds. The van der Waals surface area contributed by atoms with Crippen LogP contribution in [0.2, 0.25) is 0 Å². The molecule has 0 aliphatic rings. The minimum absolute atomic E-state index is 0.104. The molecule has 2 rings (SSSR count). The summed E-state index contributed by atoms with van der Waals surface area (Å²) in [6.07, 6.45) is 1.70. The van der Waals surface area contributed by atoms with Crippen LogP contribution in [0.4, 0.5) is 0 Å². The third-order valence-electron chi connectivity index (χ3n) is 2.28. The van der Waals surface area contributed by atoms with Gasteiger partial charge in [-0.2, -0.15) is 0 Å². The predicted octanol–water partition coefficient (Wildman–Crippen LogP) is 2.51. The van der Waals surface area contributed by atoms with Gasteiger partial charge in [0, 0.05) is 24.2 Å². The molecule has 2 aromatic heterocycles. The number of hydrogen-bond acceptors (Lipinski definition) is 3. The van der Waals surface area contributed by atoms with Crippen molar-refractivity contribution in [1.82, 2.24) is 14.5 Å². The Morgan fingerprint density at radius 2 is 2.06 bits per heavy atom. The van der Waals surface area contributed by atoms with E-state index in [1.54, 1.807) is 24.4 Å². The molecule has 0 aliphatic carbocycles. The standard InChI is InChI=1S/C12H12BrN3O/c1-8(2)12-14-9(13)7-10(15-12)16-6-4-3-5-11(16)17/h3-8H,1-2H3. The average Bonchev–Trinajstić information content (AvgIpc) is 2.28. The maximum Gasteiger partial charge on any atom is 0.256 e. The smallest absolute Gasteiger partial charge is 0.256 e. The average molecular weight is 294 g/mol. The van der Waals surface area contributed by atoms with Gasteiger partial charge in [-0.1, -0.05) is 19.9 Å². The highest BCUT2D eigenvalue weighted by molar-refractivity contribution is 9.10. The molecule has 0 unspecified atom stereocenters. The summed E-state index contributed by atoms with van der Waals surface area (Å²) in [5, 5.41) is 0. The Morgan fingerprint density at radius 3 is 2.71 bits per heavy atom. The van der Waals surface area contributed by atoms with Gasteiger partial charge in [-0.25, -0.2) is 9.97 Å². The van der Waals surface area contributed by atoms with E-state index >= 15 is 0 Å². The minimum Gasteiger partial charge on any atom is -0.269 e. The molecule has 0 spiro atoms. The lowest BCUT2D eigenvalue weighted by molar-refractivity contribution is 0.753. The maximum atomic E-state index is 11.7. The number of hydrogen-bond donors (Lipinski definition) is 0. The first-order chi connectivity index (χ1) is 8.08. The van der Waals surface area contributed by atoms with Gasteiger partial charge >= 0.3 is 0 Å². The zero-order valence-corrected chi connectivity index (χ0v) is 11.2. The molecule has 88 valence electrons. The monoisotopic (exact) mass is 293 g/mol. The minimum atomic E-state index is -0.104. The van der Waals surface area contributed by atoms with Crippen molar-refractivity contribution >= 4 is 15.9 Å². The molecule has 5 heteroatoms. The first-order valence-corrected chi connectivity index (χ1v) is 6.10. The normalized spacial score (nSPS) is 10.8. The molecule has 0 aromatic carbocycles. The van der Waals surface area contributed by atoms with Crippen LogP contribution in [-0.4, -0.2) is 14.5 Å². The highest BCUT2D eigenvalue weighted by atomic mass is 79.9. The molecule has 0 saturated heterocycles. The summed E-state index contributed by atoms with van der Waals surface area (Å²) in [6.45, 7) is 4.03. The summed E-state index contributed by atoms with van der Waals surface area (Å²) in [7, 11) is 0. The summed E-state index contributed by atoms with van der Waals surface area (Å²) >= 11 is 3.34. The van der Waals surface area contributed by atoms with Crippen molar-refractivity contribution in [2.24, 2.45) is 0 Å². The molecule has 0 atom stereocenters. The van der Waals surface area contributed by atoms with Crippen LogP contribution in [0.25, 0.3) is 5.82 Å². The Morgan fingerprint density at radius 1 is 1.29 bits per heavy atom.